The van der Waals surface area contributed by atoms with Crippen LogP contribution >= 0.6 is 0 Å². The van der Waals surface area contributed by atoms with Crippen molar-refractivity contribution < 1.29 is 14.3 Å². The van der Waals surface area contributed by atoms with Crippen LogP contribution in [0.1, 0.15) is 28.9 Å². The summed E-state index contributed by atoms with van der Waals surface area (Å²) in [6, 6.07) is 22.6. The second-order valence-corrected chi connectivity index (χ2v) is 8.35. The van der Waals surface area contributed by atoms with Crippen LogP contribution in [0, 0.1) is 0 Å². The number of anilines is 2. The molecule has 0 fully saturated rings. The summed E-state index contributed by atoms with van der Waals surface area (Å²) in [5.74, 6) is 1.91. The van der Waals surface area contributed by atoms with Crippen LogP contribution in [0.5, 0.6) is 11.5 Å². The van der Waals surface area contributed by atoms with Crippen molar-refractivity contribution in [1.29, 1.82) is 0 Å². The third-order valence-corrected chi connectivity index (χ3v) is 5.99. The Kier molecular flexibility index (Phi) is 6.67. The first kappa shape index (κ1) is 23.8. The Morgan fingerprint density at radius 3 is 2.57 bits per heavy atom. The molecule has 0 saturated carbocycles. The Morgan fingerprint density at radius 2 is 1.78 bits per heavy atom. The van der Waals surface area contributed by atoms with Crippen LogP contribution in [0.3, 0.4) is 0 Å². The van der Waals surface area contributed by atoms with Gasteiger partial charge in [-0.15, -0.1) is 0 Å². The third kappa shape index (κ3) is 5.06. The normalized spacial score (nSPS) is 11.6. The van der Waals surface area contributed by atoms with E-state index in [1.54, 1.807) is 37.8 Å². The van der Waals surface area contributed by atoms with Crippen LogP contribution in [0.2, 0.25) is 0 Å². The molecule has 9 heteroatoms. The molecule has 1 atom stereocenters. The molecule has 186 valence electrons. The van der Waals surface area contributed by atoms with Gasteiger partial charge in [-0.05, 0) is 55.0 Å². The number of rotatable bonds is 8. The first-order valence-corrected chi connectivity index (χ1v) is 11.7. The second-order valence-electron chi connectivity index (χ2n) is 8.35. The summed E-state index contributed by atoms with van der Waals surface area (Å²) in [6.07, 6.45) is 3.42. The van der Waals surface area contributed by atoms with Crippen LogP contribution in [0.25, 0.3) is 16.9 Å². The fourth-order valence-corrected chi connectivity index (χ4v) is 4.03. The molecule has 0 aliphatic heterocycles. The van der Waals surface area contributed by atoms with Gasteiger partial charge in [0.2, 0.25) is 5.95 Å². The molecular weight excluding hydrogens is 468 g/mol. The molecule has 5 aromatic rings. The number of carbonyl (C=O) groups excluding carboxylic acids is 1. The zero-order valence-corrected chi connectivity index (χ0v) is 20.7. The topological polar surface area (TPSA) is 103 Å². The van der Waals surface area contributed by atoms with E-state index in [4.69, 9.17) is 9.47 Å². The molecule has 9 nitrogen and oxygen atoms in total. The molecule has 1 unspecified atom stereocenters. The zero-order valence-electron chi connectivity index (χ0n) is 20.7. The van der Waals surface area contributed by atoms with E-state index < -0.39 is 0 Å². The lowest BCUT2D eigenvalue weighted by Crippen LogP contribution is -2.13. The Balaban J connectivity index is 1.37. The summed E-state index contributed by atoms with van der Waals surface area (Å²) < 4.78 is 12.5. The first-order valence-electron chi connectivity index (χ1n) is 11.7. The molecule has 5 rings (SSSR count). The minimum Gasteiger partial charge on any atom is -0.497 e. The van der Waals surface area contributed by atoms with Crippen molar-refractivity contribution in [3.63, 3.8) is 0 Å². The Hall–Kier alpha value is -4.92. The summed E-state index contributed by atoms with van der Waals surface area (Å²) in [5, 5.41) is 6.26. The number of hydrogen-bond donors (Lipinski definition) is 2. The van der Waals surface area contributed by atoms with Gasteiger partial charge < -0.3 is 20.1 Å². The molecule has 0 aliphatic carbocycles. The van der Waals surface area contributed by atoms with Crippen LogP contribution in [0.15, 0.2) is 85.3 Å². The minimum atomic E-state index is -0.311. The van der Waals surface area contributed by atoms with Gasteiger partial charge in [0, 0.05) is 11.9 Å². The molecule has 2 heterocycles. The summed E-state index contributed by atoms with van der Waals surface area (Å²) in [7, 11) is 3.07. The molecule has 0 aliphatic rings. The van der Waals surface area contributed by atoms with E-state index in [1.165, 1.54) is 7.11 Å². The highest BCUT2D eigenvalue weighted by Crippen LogP contribution is 2.26. The SMILES string of the molecule is COc1ccc(OC)c(C(=O)Nc2ccc3c(c2)ncn3-c2ccnc(NC(C)c3ccccc3)n2)c1. The minimum absolute atomic E-state index is 0.0466. The monoisotopic (exact) mass is 494 g/mol. The van der Waals surface area contributed by atoms with Gasteiger partial charge in [-0.2, -0.15) is 4.98 Å². The first-order chi connectivity index (χ1) is 18.1. The third-order valence-electron chi connectivity index (χ3n) is 5.99. The molecule has 0 radical (unpaired) electrons. The van der Waals surface area contributed by atoms with E-state index >= 15 is 0 Å². The molecular formula is C28H26N6O3. The number of imidazole rings is 1. The lowest BCUT2D eigenvalue weighted by Gasteiger charge is -2.14. The number of benzene rings is 3. The van der Waals surface area contributed by atoms with E-state index in [1.807, 2.05) is 47.0 Å². The lowest BCUT2D eigenvalue weighted by atomic mass is 10.1. The molecule has 3 aromatic carbocycles. The number of aromatic nitrogens is 4. The van der Waals surface area contributed by atoms with Crippen LogP contribution < -0.4 is 20.1 Å². The maximum Gasteiger partial charge on any atom is 0.259 e. The van der Waals surface area contributed by atoms with Crippen molar-refractivity contribution in [1.82, 2.24) is 19.5 Å². The Labute approximate surface area is 214 Å². The van der Waals surface area contributed by atoms with E-state index in [0.717, 1.165) is 11.1 Å². The fourth-order valence-electron chi connectivity index (χ4n) is 4.03. The van der Waals surface area contributed by atoms with Gasteiger partial charge in [0.1, 0.15) is 23.6 Å². The smallest absolute Gasteiger partial charge is 0.259 e. The largest absolute Gasteiger partial charge is 0.497 e. The average Bonchev–Trinajstić information content (AvgIpc) is 3.36. The number of carbonyl (C=O) groups is 1. The molecule has 0 bridgehead atoms. The molecule has 2 aromatic heterocycles. The zero-order chi connectivity index (χ0) is 25.8. The van der Waals surface area contributed by atoms with E-state index in [9.17, 15) is 4.79 Å². The number of fused-ring (bicyclic) bond motifs is 1. The van der Waals surface area contributed by atoms with E-state index in [0.29, 0.717) is 40.0 Å². The number of nitrogens with zero attached hydrogens (tertiary/aromatic N) is 4. The van der Waals surface area contributed by atoms with Crippen LogP contribution in [-0.2, 0) is 0 Å². The van der Waals surface area contributed by atoms with Crippen LogP contribution in [-0.4, -0.2) is 39.6 Å². The van der Waals surface area contributed by atoms with Crippen molar-refractivity contribution in [3.05, 3.63) is 96.4 Å². The highest BCUT2D eigenvalue weighted by Gasteiger charge is 2.15. The predicted molar refractivity (Wildman–Crippen MR) is 143 cm³/mol. The number of hydrogen-bond acceptors (Lipinski definition) is 7. The van der Waals surface area contributed by atoms with Gasteiger partial charge >= 0.3 is 0 Å². The summed E-state index contributed by atoms with van der Waals surface area (Å²) in [4.78, 5) is 26.5. The quantitative estimate of drug-likeness (QED) is 0.303. The summed E-state index contributed by atoms with van der Waals surface area (Å²) >= 11 is 0. The van der Waals surface area contributed by atoms with Gasteiger partial charge in [0.15, 0.2) is 0 Å². The highest BCUT2D eigenvalue weighted by atomic mass is 16.5. The predicted octanol–water partition coefficient (Wildman–Crippen LogP) is 5.26. The summed E-state index contributed by atoms with van der Waals surface area (Å²) in [5.41, 5.74) is 3.68. The molecule has 0 spiro atoms. The standard InChI is InChI=1S/C28H26N6O3/c1-18(19-7-5-4-6-8-19)31-28-29-14-13-26(33-28)34-17-30-23-15-20(9-11-24(23)34)32-27(35)22-16-21(36-2)10-12-25(22)37-3/h4-18H,1-3H3,(H,32,35)(H,29,31,33). The van der Waals surface area contributed by atoms with Gasteiger partial charge in [-0.3, -0.25) is 9.36 Å². The van der Waals surface area contributed by atoms with E-state index in [-0.39, 0.29) is 11.9 Å². The van der Waals surface area contributed by atoms with Crippen molar-refractivity contribution in [2.24, 2.45) is 0 Å². The average molecular weight is 495 g/mol. The van der Waals surface area contributed by atoms with Crippen molar-refractivity contribution in [2.75, 3.05) is 24.9 Å². The van der Waals surface area contributed by atoms with Gasteiger partial charge in [0.05, 0.1) is 36.9 Å². The molecule has 2 N–H and O–H groups in total. The maximum absolute atomic E-state index is 13.0. The number of amides is 1. The molecule has 0 saturated heterocycles. The summed E-state index contributed by atoms with van der Waals surface area (Å²) in [6.45, 7) is 2.06. The highest BCUT2D eigenvalue weighted by molar-refractivity contribution is 6.07. The lowest BCUT2D eigenvalue weighted by molar-refractivity contribution is 0.102. The van der Waals surface area contributed by atoms with Crippen molar-refractivity contribution in [3.8, 4) is 17.3 Å². The van der Waals surface area contributed by atoms with Gasteiger partial charge in [0.25, 0.3) is 5.91 Å². The second kappa shape index (κ2) is 10.4. The number of methoxy groups -OCH3 is 2. The van der Waals surface area contributed by atoms with E-state index in [2.05, 4.69) is 44.6 Å². The number of nitrogens with one attached hydrogen (secondary N) is 2. The maximum atomic E-state index is 13.0. The van der Waals surface area contributed by atoms with Gasteiger partial charge in [-0.1, -0.05) is 30.3 Å². The fraction of sp³-hybridized carbons (Fsp3) is 0.143. The molecule has 37 heavy (non-hydrogen) atoms. The van der Waals surface area contributed by atoms with Crippen LogP contribution in [0.4, 0.5) is 11.6 Å². The van der Waals surface area contributed by atoms with Gasteiger partial charge in [-0.25, -0.2) is 9.97 Å². The number of ether oxygens (including phenoxy) is 2. The Bertz CT molecular complexity index is 1550. The van der Waals surface area contributed by atoms with Crippen molar-refractivity contribution >= 4 is 28.6 Å². The Morgan fingerprint density at radius 1 is 0.946 bits per heavy atom. The van der Waals surface area contributed by atoms with Crippen molar-refractivity contribution in [2.45, 2.75) is 13.0 Å². The molecule has 1 amide bonds.